The Hall–Kier alpha value is -2.16. The summed E-state index contributed by atoms with van der Waals surface area (Å²) in [4.78, 5) is 25.9. The van der Waals surface area contributed by atoms with E-state index < -0.39 is 11.0 Å². The van der Waals surface area contributed by atoms with Gasteiger partial charge in [-0.25, -0.2) is 4.68 Å². The lowest BCUT2D eigenvalue weighted by atomic mass is 9.92. The summed E-state index contributed by atoms with van der Waals surface area (Å²) in [5, 5.41) is 22.0. The number of anilines is 1. The fraction of sp³-hybridized carbons (Fsp3) is 0.765. The zero-order chi connectivity index (χ0) is 18.8. The number of nitrogens with zero attached hydrogens (tertiary/aromatic N) is 4. The van der Waals surface area contributed by atoms with Gasteiger partial charge in [-0.3, -0.25) is 14.9 Å². The van der Waals surface area contributed by atoms with Gasteiger partial charge in [0.25, 0.3) is 0 Å². The smallest absolute Gasteiger partial charge is 0.333 e. The van der Waals surface area contributed by atoms with Crippen molar-refractivity contribution in [3.63, 3.8) is 0 Å². The van der Waals surface area contributed by atoms with Crippen LogP contribution in [0.3, 0.4) is 0 Å². The predicted octanol–water partition coefficient (Wildman–Crippen LogP) is 1.29. The first kappa shape index (κ1) is 18.6. The molecule has 3 rings (SSSR count). The van der Waals surface area contributed by atoms with E-state index in [0.29, 0.717) is 29.8 Å². The van der Waals surface area contributed by atoms with Gasteiger partial charge in [0, 0.05) is 20.1 Å². The molecule has 1 unspecified atom stereocenters. The second kappa shape index (κ2) is 7.61. The van der Waals surface area contributed by atoms with E-state index in [0.717, 1.165) is 39.0 Å². The summed E-state index contributed by atoms with van der Waals surface area (Å²) in [5.41, 5.74) is 0.285. The van der Waals surface area contributed by atoms with Crippen LogP contribution >= 0.6 is 0 Å². The van der Waals surface area contributed by atoms with E-state index in [1.165, 1.54) is 4.68 Å². The van der Waals surface area contributed by atoms with Gasteiger partial charge in [-0.05, 0) is 51.1 Å². The van der Waals surface area contributed by atoms with Gasteiger partial charge in [0.05, 0.1) is 4.92 Å². The molecule has 1 aromatic rings. The van der Waals surface area contributed by atoms with Crippen molar-refractivity contribution in [1.29, 1.82) is 0 Å². The lowest BCUT2D eigenvalue weighted by molar-refractivity contribution is -0.384. The predicted molar refractivity (Wildman–Crippen MR) is 98.0 cm³/mol. The Morgan fingerprint density at radius 2 is 2.00 bits per heavy atom. The van der Waals surface area contributed by atoms with E-state index in [-0.39, 0.29) is 11.6 Å². The molecule has 2 saturated heterocycles. The lowest BCUT2D eigenvalue weighted by Gasteiger charge is -2.26. The van der Waals surface area contributed by atoms with Crippen molar-refractivity contribution in [1.82, 2.24) is 20.0 Å². The Bertz CT molecular complexity index is 674. The van der Waals surface area contributed by atoms with E-state index in [1.54, 1.807) is 14.0 Å². The third kappa shape index (κ3) is 3.53. The average molecular weight is 364 g/mol. The number of fused-ring (bicyclic) bond motifs is 1. The zero-order valence-electron chi connectivity index (χ0n) is 15.7. The maximum absolute atomic E-state index is 13.1. The molecule has 0 spiro atoms. The van der Waals surface area contributed by atoms with Crippen LogP contribution in [0, 0.1) is 28.9 Å². The summed E-state index contributed by atoms with van der Waals surface area (Å²) in [5.74, 6) is 1.63. The molecule has 3 atom stereocenters. The van der Waals surface area contributed by atoms with Crippen LogP contribution in [0.4, 0.5) is 11.5 Å². The highest BCUT2D eigenvalue weighted by atomic mass is 16.6. The summed E-state index contributed by atoms with van der Waals surface area (Å²) in [7, 11) is 1.65. The molecule has 144 valence electrons. The number of carbonyl (C=O) groups is 1. The number of amides is 1. The SMILES string of the molecule is CCC(Nc1c([N+](=O)[O-])c(C)nn1C)C(=O)N1CC[C@@H]2CNC[C@@H]2CC1. The molecule has 2 N–H and O–H groups in total. The summed E-state index contributed by atoms with van der Waals surface area (Å²) < 4.78 is 1.45. The minimum atomic E-state index is -0.487. The van der Waals surface area contributed by atoms with Crippen LogP contribution in [-0.4, -0.2) is 57.7 Å². The van der Waals surface area contributed by atoms with Crippen molar-refractivity contribution in [2.75, 3.05) is 31.5 Å². The average Bonchev–Trinajstić information content (AvgIpc) is 3.09. The second-order valence-electron chi connectivity index (χ2n) is 7.35. The molecule has 3 heterocycles. The molecule has 2 fully saturated rings. The third-order valence-corrected chi connectivity index (χ3v) is 5.72. The molecule has 9 heteroatoms. The Kier molecular flexibility index (Phi) is 5.45. The van der Waals surface area contributed by atoms with E-state index in [1.807, 2.05) is 11.8 Å². The molecule has 0 bridgehead atoms. The van der Waals surface area contributed by atoms with E-state index >= 15 is 0 Å². The number of aryl methyl sites for hydroxylation is 2. The first-order valence-electron chi connectivity index (χ1n) is 9.36. The van der Waals surface area contributed by atoms with Crippen LogP contribution in [0.15, 0.2) is 0 Å². The normalized spacial score (nSPS) is 24.0. The first-order chi connectivity index (χ1) is 12.4. The van der Waals surface area contributed by atoms with Gasteiger partial charge in [-0.1, -0.05) is 6.92 Å². The van der Waals surface area contributed by atoms with Crippen molar-refractivity contribution in [3.8, 4) is 0 Å². The molecule has 0 aliphatic carbocycles. The van der Waals surface area contributed by atoms with Crippen LogP contribution in [0.1, 0.15) is 31.9 Å². The van der Waals surface area contributed by atoms with Gasteiger partial charge >= 0.3 is 5.69 Å². The minimum Gasteiger partial charge on any atom is -0.353 e. The van der Waals surface area contributed by atoms with Crippen molar-refractivity contribution in [2.45, 2.75) is 39.2 Å². The number of aromatic nitrogens is 2. The highest BCUT2D eigenvalue weighted by Crippen LogP contribution is 2.30. The highest BCUT2D eigenvalue weighted by molar-refractivity contribution is 5.85. The molecule has 9 nitrogen and oxygen atoms in total. The van der Waals surface area contributed by atoms with Crippen molar-refractivity contribution < 1.29 is 9.72 Å². The van der Waals surface area contributed by atoms with Crippen LogP contribution in [0.5, 0.6) is 0 Å². The maximum Gasteiger partial charge on any atom is 0.333 e. The third-order valence-electron chi connectivity index (χ3n) is 5.72. The first-order valence-corrected chi connectivity index (χ1v) is 9.36. The number of hydrogen-bond acceptors (Lipinski definition) is 6. The van der Waals surface area contributed by atoms with Gasteiger partial charge in [0.15, 0.2) is 0 Å². The van der Waals surface area contributed by atoms with Gasteiger partial charge in [-0.15, -0.1) is 0 Å². The van der Waals surface area contributed by atoms with Crippen molar-refractivity contribution >= 4 is 17.4 Å². The maximum atomic E-state index is 13.1. The Balaban J connectivity index is 1.73. The molecule has 1 aromatic heterocycles. The van der Waals surface area contributed by atoms with Crippen LogP contribution in [0.25, 0.3) is 0 Å². The van der Waals surface area contributed by atoms with Gasteiger partial charge in [-0.2, -0.15) is 5.10 Å². The largest absolute Gasteiger partial charge is 0.353 e. The van der Waals surface area contributed by atoms with Gasteiger partial charge < -0.3 is 15.5 Å². The van der Waals surface area contributed by atoms with E-state index in [9.17, 15) is 14.9 Å². The monoisotopic (exact) mass is 364 g/mol. The topological polar surface area (TPSA) is 105 Å². The van der Waals surface area contributed by atoms with Crippen LogP contribution in [0.2, 0.25) is 0 Å². The second-order valence-corrected chi connectivity index (χ2v) is 7.35. The fourth-order valence-electron chi connectivity index (χ4n) is 4.19. The number of rotatable bonds is 5. The summed E-state index contributed by atoms with van der Waals surface area (Å²) in [6.45, 7) is 7.12. The quantitative estimate of drug-likeness (QED) is 0.602. The molecule has 0 radical (unpaired) electrons. The highest BCUT2D eigenvalue weighted by Gasteiger charge is 2.34. The lowest BCUT2D eigenvalue weighted by Crippen LogP contribution is -2.43. The number of nitro groups is 1. The van der Waals surface area contributed by atoms with Gasteiger partial charge in [0.1, 0.15) is 11.7 Å². The Labute approximate surface area is 153 Å². The Morgan fingerprint density at radius 3 is 2.54 bits per heavy atom. The molecular formula is C17H28N6O3. The summed E-state index contributed by atoms with van der Waals surface area (Å²) >= 11 is 0. The molecule has 26 heavy (non-hydrogen) atoms. The molecular weight excluding hydrogens is 336 g/mol. The molecule has 2 aliphatic heterocycles. The van der Waals surface area contributed by atoms with E-state index in [2.05, 4.69) is 15.7 Å². The van der Waals surface area contributed by atoms with Crippen LogP contribution in [-0.2, 0) is 11.8 Å². The van der Waals surface area contributed by atoms with Crippen molar-refractivity contribution in [3.05, 3.63) is 15.8 Å². The number of likely N-dealkylation sites (tertiary alicyclic amines) is 1. The molecule has 2 aliphatic rings. The molecule has 1 amide bonds. The van der Waals surface area contributed by atoms with E-state index in [4.69, 9.17) is 0 Å². The molecule has 0 aromatic carbocycles. The van der Waals surface area contributed by atoms with Crippen LogP contribution < -0.4 is 10.6 Å². The van der Waals surface area contributed by atoms with Gasteiger partial charge in [0.2, 0.25) is 11.7 Å². The minimum absolute atomic E-state index is 0.0218. The number of carbonyl (C=O) groups excluding carboxylic acids is 1. The number of hydrogen-bond donors (Lipinski definition) is 2. The van der Waals surface area contributed by atoms with Crippen molar-refractivity contribution in [2.24, 2.45) is 18.9 Å². The Morgan fingerprint density at radius 1 is 1.38 bits per heavy atom. The fourth-order valence-corrected chi connectivity index (χ4v) is 4.19. The summed E-state index contributed by atoms with van der Waals surface area (Å²) in [6, 6.07) is -0.487. The summed E-state index contributed by atoms with van der Waals surface area (Å²) in [6.07, 6.45) is 2.60. The zero-order valence-corrected chi connectivity index (χ0v) is 15.7. The number of nitrogens with one attached hydrogen (secondary N) is 2. The molecule has 0 saturated carbocycles. The standard InChI is InChI=1S/C17H28N6O3/c1-4-14(19-16-15(23(25)26)11(2)20-21(16)3)17(24)22-7-5-12-9-18-10-13(12)6-8-22/h12-14,18-19H,4-10H2,1-3H3/t12-,13+,14?.